The van der Waals surface area contributed by atoms with Gasteiger partial charge in [0.25, 0.3) is 0 Å². The first-order valence-electron chi connectivity index (χ1n) is 4.85. The number of nitrogens with zero attached hydrogens (tertiary/aromatic N) is 2. The van der Waals surface area contributed by atoms with E-state index in [1.807, 2.05) is 10.7 Å². The molecular formula is C10H16N2O2. The fourth-order valence-electron chi connectivity index (χ4n) is 1.43. The molecule has 78 valence electrons. The highest BCUT2D eigenvalue weighted by atomic mass is 16.4. The van der Waals surface area contributed by atoms with Gasteiger partial charge in [0, 0.05) is 24.4 Å². The molecule has 1 N–H and O–H groups in total. The average Bonchev–Trinajstić information content (AvgIpc) is 2.51. The molecule has 0 saturated carbocycles. The molecular weight excluding hydrogens is 180 g/mol. The van der Waals surface area contributed by atoms with Gasteiger partial charge >= 0.3 is 5.97 Å². The van der Waals surface area contributed by atoms with E-state index >= 15 is 0 Å². The van der Waals surface area contributed by atoms with Gasteiger partial charge in [0.15, 0.2) is 0 Å². The van der Waals surface area contributed by atoms with Gasteiger partial charge in [-0.15, -0.1) is 0 Å². The highest BCUT2D eigenvalue weighted by molar-refractivity contribution is 5.66. The zero-order valence-corrected chi connectivity index (χ0v) is 8.60. The van der Waals surface area contributed by atoms with Crippen molar-refractivity contribution < 1.29 is 9.90 Å². The Balaban J connectivity index is 2.50. The molecule has 0 aliphatic carbocycles. The SMILES string of the molecule is CC(C)n1nccc1CCCC(=O)O. The first-order valence-corrected chi connectivity index (χ1v) is 4.85. The van der Waals surface area contributed by atoms with Crippen molar-refractivity contribution in [1.82, 2.24) is 9.78 Å². The quantitative estimate of drug-likeness (QED) is 0.782. The van der Waals surface area contributed by atoms with Gasteiger partial charge in [-0.05, 0) is 32.8 Å². The molecule has 4 nitrogen and oxygen atoms in total. The summed E-state index contributed by atoms with van der Waals surface area (Å²) >= 11 is 0. The summed E-state index contributed by atoms with van der Waals surface area (Å²) in [6, 6.07) is 2.28. The maximum Gasteiger partial charge on any atom is 0.303 e. The standard InChI is InChI=1S/C10H16N2O2/c1-8(2)12-9(6-7-11-12)4-3-5-10(13)14/h6-8H,3-5H2,1-2H3,(H,13,14). The lowest BCUT2D eigenvalue weighted by Gasteiger charge is -2.09. The summed E-state index contributed by atoms with van der Waals surface area (Å²) in [4.78, 5) is 10.3. The van der Waals surface area contributed by atoms with Crippen molar-refractivity contribution in [2.24, 2.45) is 0 Å². The normalized spacial score (nSPS) is 10.8. The maximum atomic E-state index is 10.3. The molecule has 0 unspecified atom stereocenters. The lowest BCUT2D eigenvalue weighted by Crippen LogP contribution is -2.08. The first-order chi connectivity index (χ1) is 6.61. The number of hydrogen-bond donors (Lipinski definition) is 1. The molecule has 0 radical (unpaired) electrons. The zero-order valence-electron chi connectivity index (χ0n) is 8.60. The highest BCUT2D eigenvalue weighted by Crippen LogP contribution is 2.10. The summed E-state index contributed by atoms with van der Waals surface area (Å²) in [7, 11) is 0. The van der Waals surface area contributed by atoms with Gasteiger partial charge in [-0.2, -0.15) is 5.10 Å². The van der Waals surface area contributed by atoms with Crippen LogP contribution in [0.2, 0.25) is 0 Å². The van der Waals surface area contributed by atoms with Crippen molar-refractivity contribution in [3.8, 4) is 0 Å². The van der Waals surface area contributed by atoms with Crippen LogP contribution in [0.5, 0.6) is 0 Å². The van der Waals surface area contributed by atoms with Gasteiger partial charge in [-0.3, -0.25) is 9.48 Å². The average molecular weight is 196 g/mol. The molecule has 0 amide bonds. The van der Waals surface area contributed by atoms with Crippen molar-refractivity contribution in [1.29, 1.82) is 0 Å². The number of hydrogen-bond acceptors (Lipinski definition) is 2. The predicted octanol–water partition coefficient (Wildman–Crippen LogP) is 1.87. The van der Waals surface area contributed by atoms with Crippen LogP contribution in [0, 0.1) is 0 Å². The zero-order chi connectivity index (χ0) is 10.6. The van der Waals surface area contributed by atoms with E-state index in [9.17, 15) is 4.79 Å². The van der Waals surface area contributed by atoms with Crippen LogP contribution in [-0.4, -0.2) is 20.9 Å². The third kappa shape index (κ3) is 2.87. The molecule has 0 atom stereocenters. The number of rotatable bonds is 5. The van der Waals surface area contributed by atoms with E-state index in [1.165, 1.54) is 0 Å². The number of aromatic nitrogens is 2. The monoisotopic (exact) mass is 196 g/mol. The Bertz CT molecular complexity index is 305. The van der Waals surface area contributed by atoms with E-state index in [0.29, 0.717) is 12.5 Å². The molecule has 0 fully saturated rings. The van der Waals surface area contributed by atoms with Crippen LogP contribution in [0.1, 0.15) is 38.4 Å². The number of aryl methyl sites for hydroxylation is 1. The molecule has 1 rings (SSSR count). The van der Waals surface area contributed by atoms with E-state index in [-0.39, 0.29) is 6.42 Å². The summed E-state index contributed by atoms with van der Waals surface area (Å²) in [5.74, 6) is -0.736. The lowest BCUT2D eigenvalue weighted by atomic mass is 10.2. The summed E-state index contributed by atoms with van der Waals surface area (Å²) in [6.45, 7) is 4.13. The summed E-state index contributed by atoms with van der Waals surface area (Å²) in [5.41, 5.74) is 1.11. The molecule has 0 spiro atoms. The van der Waals surface area contributed by atoms with Crippen LogP contribution in [0.4, 0.5) is 0 Å². The molecule has 0 bridgehead atoms. The fraction of sp³-hybridized carbons (Fsp3) is 0.600. The molecule has 1 aromatic rings. The minimum atomic E-state index is -0.736. The van der Waals surface area contributed by atoms with E-state index < -0.39 is 5.97 Å². The molecule has 1 heterocycles. The molecule has 0 saturated heterocycles. The summed E-state index contributed by atoms with van der Waals surface area (Å²) in [6.07, 6.45) is 3.44. The number of carbonyl (C=O) groups is 1. The topological polar surface area (TPSA) is 55.1 Å². The Hall–Kier alpha value is -1.32. The van der Waals surface area contributed by atoms with Crippen LogP contribution in [0.15, 0.2) is 12.3 Å². The van der Waals surface area contributed by atoms with E-state index in [4.69, 9.17) is 5.11 Å². The van der Waals surface area contributed by atoms with Crippen LogP contribution >= 0.6 is 0 Å². The fourth-order valence-corrected chi connectivity index (χ4v) is 1.43. The van der Waals surface area contributed by atoms with Crippen LogP contribution < -0.4 is 0 Å². The second kappa shape index (κ2) is 4.79. The Morgan fingerprint density at radius 1 is 1.64 bits per heavy atom. The van der Waals surface area contributed by atoms with Crippen molar-refractivity contribution in [3.05, 3.63) is 18.0 Å². The number of carboxylic acid groups (broad SMARTS) is 1. The van der Waals surface area contributed by atoms with Crippen molar-refractivity contribution in [2.45, 2.75) is 39.2 Å². The van der Waals surface area contributed by atoms with E-state index in [2.05, 4.69) is 18.9 Å². The lowest BCUT2D eigenvalue weighted by molar-refractivity contribution is -0.137. The van der Waals surface area contributed by atoms with E-state index in [1.54, 1.807) is 6.20 Å². The predicted molar refractivity (Wildman–Crippen MR) is 53.2 cm³/mol. The Labute approximate surface area is 83.5 Å². The highest BCUT2D eigenvalue weighted by Gasteiger charge is 2.06. The Morgan fingerprint density at radius 2 is 2.36 bits per heavy atom. The first kappa shape index (κ1) is 10.8. The van der Waals surface area contributed by atoms with Gasteiger partial charge in [0.05, 0.1) is 0 Å². The molecule has 4 heteroatoms. The van der Waals surface area contributed by atoms with Crippen LogP contribution in [0.25, 0.3) is 0 Å². The van der Waals surface area contributed by atoms with E-state index in [0.717, 1.165) is 12.1 Å². The Morgan fingerprint density at radius 3 is 2.93 bits per heavy atom. The van der Waals surface area contributed by atoms with Gasteiger partial charge in [0.1, 0.15) is 0 Å². The minimum absolute atomic E-state index is 0.225. The third-order valence-electron chi connectivity index (χ3n) is 2.06. The van der Waals surface area contributed by atoms with Gasteiger partial charge < -0.3 is 5.11 Å². The third-order valence-corrected chi connectivity index (χ3v) is 2.06. The second-order valence-electron chi connectivity index (χ2n) is 3.61. The van der Waals surface area contributed by atoms with Crippen LogP contribution in [0.3, 0.4) is 0 Å². The second-order valence-corrected chi connectivity index (χ2v) is 3.61. The summed E-state index contributed by atoms with van der Waals surface area (Å²) < 4.78 is 1.93. The maximum absolute atomic E-state index is 10.3. The van der Waals surface area contributed by atoms with Crippen molar-refractivity contribution >= 4 is 5.97 Å². The smallest absolute Gasteiger partial charge is 0.303 e. The molecule has 1 aromatic heterocycles. The Kier molecular flexibility index (Phi) is 3.68. The molecule has 0 aliphatic rings. The molecule has 14 heavy (non-hydrogen) atoms. The number of carboxylic acids is 1. The van der Waals surface area contributed by atoms with Crippen LogP contribution in [-0.2, 0) is 11.2 Å². The summed E-state index contributed by atoms with van der Waals surface area (Å²) in [5, 5.41) is 12.7. The molecule has 0 aromatic carbocycles. The minimum Gasteiger partial charge on any atom is -0.481 e. The van der Waals surface area contributed by atoms with Gasteiger partial charge in [-0.25, -0.2) is 0 Å². The van der Waals surface area contributed by atoms with Gasteiger partial charge in [-0.1, -0.05) is 0 Å². The van der Waals surface area contributed by atoms with Crippen molar-refractivity contribution in [3.63, 3.8) is 0 Å². The molecule has 0 aliphatic heterocycles. The number of aliphatic carboxylic acids is 1. The van der Waals surface area contributed by atoms with Gasteiger partial charge in [0.2, 0.25) is 0 Å². The largest absolute Gasteiger partial charge is 0.481 e. The van der Waals surface area contributed by atoms with Crippen molar-refractivity contribution in [2.75, 3.05) is 0 Å².